The average Bonchev–Trinajstić information content (AvgIpc) is 2.44. The predicted octanol–water partition coefficient (Wildman–Crippen LogP) is 3.56. The molecule has 1 aromatic heterocycles. The molecule has 0 unspecified atom stereocenters. The molecule has 0 saturated carbocycles. The summed E-state index contributed by atoms with van der Waals surface area (Å²) >= 11 is 7.01. The number of carbonyl (C=O) groups excluding carboxylic acids is 2. The molecule has 0 saturated heterocycles. The Morgan fingerprint density at radius 3 is 2.69 bits per heavy atom. The molecular formula is C10H12ClNO3S. The first-order chi connectivity index (χ1) is 7.33. The van der Waals surface area contributed by atoms with E-state index in [0.29, 0.717) is 21.9 Å². The van der Waals surface area contributed by atoms with E-state index in [1.807, 2.05) is 0 Å². The van der Waals surface area contributed by atoms with Gasteiger partial charge in [0.05, 0.1) is 11.3 Å². The van der Waals surface area contributed by atoms with Crippen LogP contribution in [0, 0.1) is 0 Å². The van der Waals surface area contributed by atoms with Crippen molar-refractivity contribution in [3.63, 3.8) is 0 Å². The van der Waals surface area contributed by atoms with Crippen LogP contribution in [0.3, 0.4) is 0 Å². The molecule has 1 heterocycles. The van der Waals surface area contributed by atoms with E-state index >= 15 is 0 Å². The molecule has 16 heavy (non-hydrogen) atoms. The number of nitrogens with one attached hydrogen (secondary N) is 1. The van der Waals surface area contributed by atoms with Gasteiger partial charge in [0.2, 0.25) is 0 Å². The number of hydrogen-bond donors (Lipinski definition) is 1. The molecule has 0 aliphatic carbocycles. The Bertz CT molecular complexity index is 409. The van der Waals surface area contributed by atoms with Gasteiger partial charge in [-0.25, -0.2) is 4.79 Å². The number of thiophene rings is 1. The molecular weight excluding hydrogens is 250 g/mol. The molecule has 0 fully saturated rings. The monoisotopic (exact) mass is 261 g/mol. The van der Waals surface area contributed by atoms with Crippen molar-refractivity contribution >= 4 is 41.0 Å². The van der Waals surface area contributed by atoms with Crippen LogP contribution < -0.4 is 5.32 Å². The smallest absolute Gasteiger partial charge is 0.412 e. The fourth-order valence-electron chi connectivity index (χ4n) is 0.960. The van der Waals surface area contributed by atoms with E-state index in [0.717, 1.165) is 0 Å². The number of anilines is 1. The fraction of sp³-hybridized carbons (Fsp3) is 0.400. The van der Waals surface area contributed by atoms with Crippen LogP contribution in [0.2, 0.25) is 4.34 Å². The maximum Gasteiger partial charge on any atom is 0.412 e. The largest absolute Gasteiger partial charge is 0.444 e. The number of hydrogen-bond acceptors (Lipinski definition) is 4. The summed E-state index contributed by atoms with van der Waals surface area (Å²) in [7, 11) is 0. The third-order valence-electron chi connectivity index (χ3n) is 1.53. The van der Waals surface area contributed by atoms with Gasteiger partial charge in [0.1, 0.15) is 9.94 Å². The Morgan fingerprint density at radius 2 is 2.19 bits per heavy atom. The normalized spacial score (nSPS) is 11.0. The zero-order chi connectivity index (χ0) is 12.3. The van der Waals surface area contributed by atoms with Crippen LogP contribution in [0.25, 0.3) is 0 Å². The summed E-state index contributed by atoms with van der Waals surface area (Å²) in [6.45, 7) is 5.26. The van der Waals surface area contributed by atoms with E-state index in [2.05, 4.69) is 5.32 Å². The zero-order valence-electron chi connectivity index (χ0n) is 9.17. The van der Waals surface area contributed by atoms with Gasteiger partial charge in [0.25, 0.3) is 0 Å². The van der Waals surface area contributed by atoms with Crippen molar-refractivity contribution in [2.24, 2.45) is 0 Å². The number of carbonyl (C=O) groups is 2. The topological polar surface area (TPSA) is 55.4 Å². The lowest BCUT2D eigenvalue weighted by atomic mass is 10.2. The van der Waals surface area contributed by atoms with Crippen molar-refractivity contribution in [1.82, 2.24) is 0 Å². The minimum atomic E-state index is -0.629. The summed E-state index contributed by atoms with van der Waals surface area (Å²) in [5, 5.41) is 4.02. The quantitative estimate of drug-likeness (QED) is 0.828. The molecule has 1 aromatic rings. The highest BCUT2D eigenvalue weighted by atomic mass is 35.5. The lowest BCUT2D eigenvalue weighted by Gasteiger charge is -2.19. The minimum Gasteiger partial charge on any atom is -0.444 e. The Morgan fingerprint density at radius 1 is 1.56 bits per heavy atom. The van der Waals surface area contributed by atoms with Gasteiger partial charge in [-0.3, -0.25) is 10.1 Å². The van der Waals surface area contributed by atoms with Crippen molar-refractivity contribution in [3.05, 3.63) is 15.3 Å². The van der Waals surface area contributed by atoms with Gasteiger partial charge >= 0.3 is 6.09 Å². The van der Waals surface area contributed by atoms with Gasteiger partial charge < -0.3 is 4.74 Å². The number of rotatable bonds is 2. The molecule has 0 aliphatic heterocycles. The molecule has 1 rings (SSSR count). The SMILES string of the molecule is CC(C)(C)OC(=O)Nc1c(C=O)csc1Cl. The highest BCUT2D eigenvalue weighted by Gasteiger charge is 2.19. The minimum absolute atomic E-state index is 0.302. The van der Waals surface area contributed by atoms with Gasteiger partial charge in [-0.05, 0) is 20.8 Å². The van der Waals surface area contributed by atoms with Crippen molar-refractivity contribution in [1.29, 1.82) is 0 Å². The first-order valence-corrected chi connectivity index (χ1v) is 5.81. The van der Waals surface area contributed by atoms with Gasteiger partial charge in [-0.15, -0.1) is 11.3 Å². The molecule has 4 nitrogen and oxygen atoms in total. The number of ether oxygens (including phenoxy) is 1. The lowest BCUT2D eigenvalue weighted by Crippen LogP contribution is -2.27. The second kappa shape index (κ2) is 4.84. The van der Waals surface area contributed by atoms with E-state index in [1.165, 1.54) is 11.3 Å². The summed E-state index contributed by atoms with van der Waals surface area (Å²) in [6.07, 6.45) is 0.00521. The van der Waals surface area contributed by atoms with Crippen LogP contribution in [0.15, 0.2) is 5.38 Å². The third kappa shape index (κ3) is 3.50. The number of aldehydes is 1. The molecule has 88 valence electrons. The van der Waals surface area contributed by atoms with Crippen LogP contribution in [0.1, 0.15) is 31.1 Å². The molecule has 0 aliphatic rings. The van der Waals surface area contributed by atoms with Crippen molar-refractivity contribution in [2.45, 2.75) is 26.4 Å². The van der Waals surface area contributed by atoms with Gasteiger partial charge in [0.15, 0.2) is 6.29 Å². The summed E-state index contributed by atoms with van der Waals surface area (Å²) < 4.78 is 5.40. The van der Waals surface area contributed by atoms with E-state index < -0.39 is 11.7 Å². The van der Waals surface area contributed by atoms with Gasteiger partial charge in [-0.2, -0.15) is 0 Å². The van der Waals surface area contributed by atoms with E-state index in [9.17, 15) is 9.59 Å². The van der Waals surface area contributed by atoms with Crippen LogP contribution in [-0.2, 0) is 4.74 Å². The Labute approximate surface area is 103 Å². The van der Waals surface area contributed by atoms with Crippen LogP contribution in [0.4, 0.5) is 10.5 Å². The number of amides is 1. The second-order valence-electron chi connectivity index (χ2n) is 4.08. The average molecular weight is 262 g/mol. The highest BCUT2D eigenvalue weighted by molar-refractivity contribution is 7.15. The predicted molar refractivity (Wildman–Crippen MR) is 64.6 cm³/mol. The molecule has 0 bridgehead atoms. The van der Waals surface area contributed by atoms with E-state index in [4.69, 9.17) is 16.3 Å². The maximum absolute atomic E-state index is 11.4. The Hall–Kier alpha value is -1.07. The second-order valence-corrected chi connectivity index (χ2v) is 5.57. The standard InChI is InChI=1S/C10H12ClNO3S/c1-10(2,3)15-9(14)12-7-6(4-13)5-16-8(7)11/h4-5H,1-3H3,(H,12,14). The molecule has 1 amide bonds. The Kier molecular flexibility index (Phi) is 3.93. The molecule has 0 aromatic carbocycles. The van der Waals surface area contributed by atoms with E-state index in [1.54, 1.807) is 26.2 Å². The Balaban J connectivity index is 2.77. The molecule has 6 heteroatoms. The molecule has 0 radical (unpaired) electrons. The first kappa shape index (κ1) is 13.0. The molecule has 0 spiro atoms. The van der Waals surface area contributed by atoms with Crippen molar-refractivity contribution in [2.75, 3.05) is 5.32 Å². The van der Waals surface area contributed by atoms with E-state index in [-0.39, 0.29) is 0 Å². The van der Waals surface area contributed by atoms with Crippen LogP contribution in [0.5, 0.6) is 0 Å². The first-order valence-electron chi connectivity index (χ1n) is 4.55. The van der Waals surface area contributed by atoms with Crippen LogP contribution in [-0.4, -0.2) is 18.0 Å². The summed E-state index contributed by atoms with van der Waals surface area (Å²) in [4.78, 5) is 22.1. The third-order valence-corrected chi connectivity index (χ3v) is 2.77. The van der Waals surface area contributed by atoms with Gasteiger partial charge in [0, 0.05) is 5.38 Å². The molecule has 1 N–H and O–H groups in total. The highest BCUT2D eigenvalue weighted by Crippen LogP contribution is 2.32. The maximum atomic E-state index is 11.4. The number of halogens is 1. The summed E-state index contributed by atoms with van der Waals surface area (Å²) in [5.74, 6) is 0. The van der Waals surface area contributed by atoms with Gasteiger partial charge in [-0.1, -0.05) is 11.6 Å². The van der Waals surface area contributed by atoms with Crippen molar-refractivity contribution < 1.29 is 14.3 Å². The summed E-state index contributed by atoms with van der Waals surface area (Å²) in [6, 6.07) is 0. The fourth-order valence-corrected chi connectivity index (χ4v) is 1.94. The summed E-state index contributed by atoms with van der Waals surface area (Å²) in [5.41, 5.74) is 0.0604. The van der Waals surface area contributed by atoms with Crippen molar-refractivity contribution in [3.8, 4) is 0 Å². The van der Waals surface area contributed by atoms with Crippen LogP contribution >= 0.6 is 22.9 Å². The zero-order valence-corrected chi connectivity index (χ0v) is 10.7. The lowest BCUT2D eigenvalue weighted by molar-refractivity contribution is 0.0636. The molecule has 0 atom stereocenters.